The molecule has 0 amide bonds. The number of nitrogens with one attached hydrogen (secondary N) is 2. The van der Waals surface area contributed by atoms with Gasteiger partial charge in [-0.05, 0) is 124 Å². The maximum absolute atomic E-state index is 15.2. The van der Waals surface area contributed by atoms with Crippen molar-refractivity contribution >= 4 is 19.4 Å². The molecule has 0 aromatic heterocycles. The summed E-state index contributed by atoms with van der Waals surface area (Å²) in [7, 11) is -3.93. The molecule has 2 atom stereocenters. The summed E-state index contributed by atoms with van der Waals surface area (Å²) in [6.07, 6.45) is -0.123. The Morgan fingerprint density at radius 2 is 1.15 bits per heavy atom. The Kier molecular flexibility index (Phi) is 14.9. The van der Waals surface area contributed by atoms with E-state index in [2.05, 4.69) is 24.0 Å². The van der Waals surface area contributed by atoms with Crippen LogP contribution in [0.4, 0.5) is 0 Å². The lowest BCUT2D eigenvalue weighted by Crippen LogP contribution is -2.47. The van der Waals surface area contributed by atoms with Crippen LogP contribution in [0.3, 0.4) is 0 Å². The fourth-order valence-electron chi connectivity index (χ4n) is 6.17. The van der Waals surface area contributed by atoms with E-state index in [0.29, 0.717) is 17.9 Å². The highest BCUT2D eigenvalue weighted by Gasteiger charge is 2.37. The number of benzene rings is 4. The zero-order valence-corrected chi connectivity index (χ0v) is 33.1. The van der Waals surface area contributed by atoms with E-state index in [4.69, 9.17) is 14.2 Å². The fourth-order valence-corrected chi connectivity index (χ4v) is 8.12. The summed E-state index contributed by atoms with van der Waals surface area (Å²) < 4.78 is 32.7. The molecule has 0 radical (unpaired) electrons. The standard InChI is InChI=1S/C43H55N2O7P/c1-28(2)37-23-35(19-20-41(37)46)24-38-31(7)21-36(22-32(38)8)50-27-53(49,44-39(42(47)51-29(3)4)25-33-15-11-9-12-16-33)45-40(43(48)52-30(5)6)26-34-17-13-10-14-18-34/h9-23,28-30,39-40,46H,24-27H2,1-8H3,(H2,44,45,49). The molecule has 53 heavy (non-hydrogen) atoms. The Labute approximate surface area is 314 Å². The van der Waals surface area contributed by atoms with Crippen molar-refractivity contribution in [3.8, 4) is 11.5 Å². The number of phenols is 1. The van der Waals surface area contributed by atoms with Crippen LogP contribution in [0, 0.1) is 13.8 Å². The monoisotopic (exact) mass is 742 g/mol. The number of aromatic hydroxyl groups is 1. The Hall–Kier alpha value is -4.43. The smallest absolute Gasteiger partial charge is 0.324 e. The lowest BCUT2D eigenvalue weighted by Gasteiger charge is -2.30. The van der Waals surface area contributed by atoms with Crippen LogP contribution in [0.15, 0.2) is 91.0 Å². The van der Waals surface area contributed by atoms with Crippen molar-refractivity contribution in [1.29, 1.82) is 0 Å². The zero-order valence-electron chi connectivity index (χ0n) is 32.2. The molecule has 0 fully saturated rings. The first-order chi connectivity index (χ1) is 25.1. The van der Waals surface area contributed by atoms with E-state index in [9.17, 15) is 14.7 Å². The van der Waals surface area contributed by atoms with Crippen molar-refractivity contribution in [2.75, 3.05) is 6.35 Å². The molecule has 0 heterocycles. The number of ether oxygens (including phenoxy) is 3. The minimum absolute atomic E-state index is 0.185. The second-order valence-corrected chi connectivity index (χ2v) is 16.7. The third-order valence-electron chi connectivity index (χ3n) is 8.74. The lowest BCUT2D eigenvalue weighted by molar-refractivity contribution is -0.150. The number of carbonyl (C=O) groups is 2. The Morgan fingerprint density at radius 3 is 1.58 bits per heavy atom. The lowest BCUT2D eigenvalue weighted by atomic mass is 9.93. The predicted octanol–water partition coefficient (Wildman–Crippen LogP) is 8.56. The van der Waals surface area contributed by atoms with Crippen LogP contribution in [0.5, 0.6) is 11.5 Å². The van der Waals surface area contributed by atoms with E-state index < -0.39 is 43.7 Å². The van der Waals surface area contributed by atoms with Crippen molar-refractivity contribution in [2.45, 2.75) is 105 Å². The summed E-state index contributed by atoms with van der Waals surface area (Å²) in [6.45, 7) is 15.2. The van der Waals surface area contributed by atoms with Gasteiger partial charge in [0.25, 0.3) is 0 Å². The van der Waals surface area contributed by atoms with Crippen molar-refractivity contribution in [3.05, 3.63) is 130 Å². The summed E-state index contributed by atoms with van der Waals surface area (Å²) in [5.41, 5.74) is 6.76. The molecule has 0 aliphatic heterocycles. The molecule has 9 nitrogen and oxygen atoms in total. The number of aryl methyl sites for hydroxylation is 2. The molecule has 284 valence electrons. The third kappa shape index (κ3) is 12.6. The normalized spacial score (nSPS) is 13.8. The molecule has 0 saturated carbocycles. The molecule has 4 rings (SSSR count). The second-order valence-electron chi connectivity index (χ2n) is 14.5. The van der Waals surface area contributed by atoms with Crippen LogP contribution in [0.1, 0.15) is 86.4 Å². The maximum atomic E-state index is 15.2. The van der Waals surface area contributed by atoms with Gasteiger partial charge in [0.05, 0.1) is 12.2 Å². The minimum Gasteiger partial charge on any atom is -0.508 e. The van der Waals surface area contributed by atoms with E-state index in [1.54, 1.807) is 33.8 Å². The minimum atomic E-state index is -3.93. The molecule has 2 unspecified atom stereocenters. The van der Waals surface area contributed by atoms with E-state index in [-0.39, 0.29) is 25.1 Å². The van der Waals surface area contributed by atoms with Gasteiger partial charge < -0.3 is 19.3 Å². The first kappa shape index (κ1) is 41.3. The predicted molar refractivity (Wildman–Crippen MR) is 211 cm³/mol. The van der Waals surface area contributed by atoms with Crippen LogP contribution in [0.2, 0.25) is 0 Å². The highest BCUT2D eigenvalue weighted by atomic mass is 31.2. The molecule has 0 aliphatic carbocycles. The largest absolute Gasteiger partial charge is 0.508 e. The molecular weight excluding hydrogens is 687 g/mol. The van der Waals surface area contributed by atoms with Crippen LogP contribution < -0.4 is 14.9 Å². The number of phenolic OH excluding ortho intramolecular Hbond substituents is 1. The summed E-state index contributed by atoms with van der Waals surface area (Å²) in [6, 6.07) is 26.3. The van der Waals surface area contributed by atoms with E-state index in [1.807, 2.05) is 98.8 Å². The SMILES string of the molecule is Cc1cc(OCP(=O)(NC(Cc2ccccc2)C(=O)OC(C)C)NC(Cc2ccccc2)C(=O)OC(C)C)cc(C)c1Cc1ccc(O)c(C(C)C)c1. The molecule has 0 bridgehead atoms. The summed E-state index contributed by atoms with van der Waals surface area (Å²) in [5, 5.41) is 16.5. The summed E-state index contributed by atoms with van der Waals surface area (Å²) in [5.74, 6) is -0.165. The number of rotatable bonds is 18. The van der Waals surface area contributed by atoms with Gasteiger partial charge in [0, 0.05) is 0 Å². The second kappa shape index (κ2) is 19.1. The summed E-state index contributed by atoms with van der Waals surface area (Å²) >= 11 is 0. The Morgan fingerprint density at radius 1 is 0.679 bits per heavy atom. The van der Waals surface area contributed by atoms with Crippen molar-refractivity contribution in [2.24, 2.45) is 0 Å². The molecule has 10 heteroatoms. The Bertz CT molecular complexity index is 1760. The third-order valence-corrected chi connectivity index (χ3v) is 10.7. The first-order valence-electron chi connectivity index (χ1n) is 18.3. The molecule has 0 spiro atoms. The number of hydrogen-bond donors (Lipinski definition) is 3. The Balaban J connectivity index is 1.67. The van der Waals surface area contributed by atoms with Crippen LogP contribution >= 0.6 is 7.44 Å². The molecule has 4 aromatic carbocycles. The van der Waals surface area contributed by atoms with Crippen molar-refractivity contribution < 1.29 is 33.5 Å². The van der Waals surface area contributed by atoms with E-state index >= 15 is 4.57 Å². The maximum Gasteiger partial charge on any atom is 0.324 e. The highest BCUT2D eigenvalue weighted by molar-refractivity contribution is 7.59. The van der Waals surface area contributed by atoms with Gasteiger partial charge in [-0.2, -0.15) is 0 Å². The van der Waals surface area contributed by atoms with Crippen LogP contribution in [-0.2, 0) is 42.9 Å². The van der Waals surface area contributed by atoms with Crippen LogP contribution in [0.25, 0.3) is 0 Å². The van der Waals surface area contributed by atoms with Gasteiger partial charge in [-0.15, -0.1) is 0 Å². The van der Waals surface area contributed by atoms with E-state index in [1.165, 1.54) is 0 Å². The van der Waals surface area contributed by atoms with Gasteiger partial charge in [-0.25, -0.2) is 10.2 Å². The number of hydrogen-bond acceptors (Lipinski definition) is 7. The first-order valence-corrected chi connectivity index (χ1v) is 20.2. The van der Waals surface area contributed by atoms with Gasteiger partial charge in [0.15, 0.2) is 6.35 Å². The molecule has 0 aliphatic rings. The number of esters is 2. The van der Waals surface area contributed by atoms with Crippen molar-refractivity contribution in [3.63, 3.8) is 0 Å². The highest BCUT2D eigenvalue weighted by Crippen LogP contribution is 2.40. The van der Waals surface area contributed by atoms with Gasteiger partial charge in [-0.3, -0.25) is 14.2 Å². The molecule has 0 saturated heterocycles. The average Bonchev–Trinajstić information content (AvgIpc) is 3.09. The topological polar surface area (TPSA) is 123 Å². The molecule has 3 N–H and O–H groups in total. The van der Waals surface area contributed by atoms with Gasteiger partial charge in [0.1, 0.15) is 23.6 Å². The molecular formula is C43H55N2O7P. The van der Waals surface area contributed by atoms with Crippen molar-refractivity contribution in [1.82, 2.24) is 10.2 Å². The van der Waals surface area contributed by atoms with Crippen LogP contribution in [-0.4, -0.2) is 47.7 Å². The summed E-state index contributed by atoms with van der Waals surface area (Å²) in [4.78, 5) is 27.1. The zero-order chi connectivity index (χ0) is 38.7. The molecule has 4 aromatic rings. The van der Waals surface area contributed by atoms with E-state index in [0.717, 1.165) is 38.9 Å². The van der Waals surface area contributed by atoms with Gasteiger partial charge in [0.2, 0.25) is 7.44 Å². The fraction of sp³-hybridized carbons (Fsp3) is 0.395. The van der Waals surface area contributed by atoms with Gasteiger partial charge >= 0.3 is 11.9 Å². The quantitative estimate of drug-likeness (QED) is 0.0680. The van der Waals surface area contributed by atoms with Gasteiger partial charge in [-0.1, -0.05) is 86.6 Å². The average molecular weight is 743 g/mol. The number of carbonyl (C=O) groups excluding carboxylic acids is 2.